The molecule has 5 heteroatoms. The summed E-state index contributed by atoms with van der Waals surface area (Å²) in [4.78, 5) is 12.1. The lowest BCUT2D eigenvalue weighted by molar-refractivity contribution is -0.147. The van der Waals surface area contributed by atoms with Gasteiger partial charge >= 0.3 is 5.97 Å². The molecule has 1 heterocycles. The molecule has 0 spiro atoms. The van der Waals surface area contributed by atoms with Crippen LogP contribution in [0.2, 0.25) is 0 Å². The van der Waals surface area contributed by atoms with Crippen molar-refractivity contribution in [1.29, 1.82) is 0 Å². The Bertz CT molecular complexity index is 865. The first kappa shape index (κ1) is 21.8. The topological polar surface area (TPSA) is 65.0 Å². The first-order chi connectivity index (χ1) is 15.1. The number of esters is 1. The first-order valence-corrected chi connectivity index (χ1v) is 11.4. The number of hydrogen-bond acceptors (Lipinski definition) is 5. The van der Waals surface area contributed by atoms with Crippen molar-refractivity contribution in [2.45, 2.75) is 57.8 Å². The van der Waals surface area contributed by atoms with Crippen LogP contribution in [0.25, 0.3) is 0 Å². The molecule has 0 amide bonds. The highest BCUT2D eigenvalue weighted by Gasteiger charge is 2.41. The number of fused-ring (bicyclic) bond motifs is 2. The Hall–Kier alpha value is -2.37. The van der Waals surface area contributed by atoms with Crippen LogP contribution >= 0.6 is 0 Å². The summed E-state index contributed by atoms with van der Waals surface area (Å²) >= 11 is 0. The predicted molar refractivity (Wildman–Crippen MR) is 118 cm³/mol. The fourth-order valence-electron chi connectivity index (χ4n) is 4.77. The third-order valence-electron chi connectivity index (χ3n) is 6.60. The van der Waals surface area contributed by atoms with Crippen molar-refractivity contribution in [3.63, 3.8) is 0 Å². The highest BCUT2D eigenvalue weighted by atomic mass is 16.6. The average Bonchev–Trinajstić information content (AvgIpc) is 3.20. The lowest BCUT2D eigenvalue weighted by Gasteiger charge is -2.30. The summed E-state index contributed by atoms with van der Waals surface area (Å²) in [6, 6.07) is 15.7. The van der Waals surface area contributed by atoms with Crippen LogP contribution in [0.4, 0.5) is 0 Å². The van der Waals surface area contributed by atoms with E-state index in [9.17, 15) is 9.90 Å². The quantitative estimate of drug-likeness (QED) is 0.614. The summed E-state index contributed by atoms with van der Waals surface area (Å²) in [5.41, 5.74) is 3.43. The minimum Gasteiger partial charge on any atom is -0.482 e. The fourth-order valence-corrected chi connectivity index (χ4v) is 4.77. The van der Waals surface area contributed by atoms with Gasteiger partial charge in [-0.2, -0.15) is 0 Å². The Morgan fingerprint density at radius 1 is 1.16 bits per heavy atom. The van der Waals surface area contributed by atoms with Gasteiger partial charge in [0.05, 0.1) is 18.8 Å². The lowest BCUT2D eigenvalue weighted by Crippen LogP contribution is -2.29. The molecule has 0 saturated carbocycles. The molecule has 4 rings (SSSR count). The zero-order chi connectivity index (χ0) is 21.6. The van der Waals surface area contributed by atoms with Crippen molar-refractivity contribution in [1.82, 2.24) is 0 Å². The SMILES string of the molecule is CCC(O)CCC1OCC2Cc3c(cccc3OCC(=O)OCc3ccccc3)CC21. The molecule has 166 valence electrons. The Morgan fingerprint density at radius 2 is 2.00 bits per heavy atom. The van der Waals surface area contributed by atoms with Gasteiger partial charge in [-0.1, -0.05) is 49.4 Å². The molecule has 0 bridgehead atoms. The predicted octanol–water partition coefficient (Wildman–Crippen LogP) is 4.09. The molecule has 4 unspecified atom stereocenters. The van der Waals surface area contributed by atoms with Crippen LogP contribution in [0.1, 0.15) is 42.9 Å². The smallest absolute Gasteiger partial charge is 0.344 e. The number of benzene rings is 2. The van der Waals surface area contributed by atoms with E-state index in [4.69, 9.17) is 14.2 Å². The van der Waals surface area contributed by atoms with Gasteiger partial charge in [0.1, 0.15) is 12.4 Å². The maximum Gasteiger partial charge on any atom is 0.344 e. The standard InChI is InChI=1S/C26H32O5/c1-2-21(27)11-12-25-23-13-19-9-6-10-24(22(19)14-20(23)16-29-25)30-17-26(28)31-15-18-7-4-3-5-8-18/h3-10,20-21,23,25,27H,2,11-17H2,1H3. The number of ether oxygens (including phenoxy) is 3. The van der Waals surface area contributed by atoms with Crippen LogP contribution in [0.15, 0.2) is 48.5 Å². The maximum atomic E-state index is 12.1. The van der Waals surface area contributed by atoms with Gasteiger partial charge < -0.3 is 19.3 Å². The number of rotatable bonds is 9. The van der Waals surface area contributed by atoms with E-state index in [1.807, 2.05) is 49.4 Å². The van der Waals surface area contributed by atoms with Crippen LogP contribution in [-0.4, -0.2) is 36.5 Å². The maximum absolute atomic E-state index is 12.1. The molecule has 1 aliphatic heterocycles. The summed E-state index contributed by atoms with van der Waals surface area (Å²) in [5.74, 6) is 1.36. The summed E-state index contributed by atoms with van der Waals surface area (Å²) in [6.07, 6.45) is 4.35. The number of aliphatic hydroxyl groups excluding tert-OH is 1. The molecule has 1 fully saturated rings. The van der Waals surface area contributed by atoms with E-state index < -0.39 is 0 Å². The van der Waals surface area contributed by atoms with Crippen molar-refractivity contribution in [3.05, 3.63) is 65.2 Å². The van der Waals surface area contributed by atoms with Crippen molar-refractivity contribution in [2.75, 3.05) is 13.2 Å². The van der Waals surface area contributed by atoms with E-state index in [1.54, 1.807) is 0 Å². The van der Waals surface area contributed by atoms with E-state index in [2.05, 4.69) is 6.07 Å². The van der Waals surface area contributed by atoms with Gasteiger partial charge in [-0.3, -0.25) is 0 Å². The van der Waals surface area contributed by atoms with Crippen LogP contribution in [0.3, 0.4) is 0 Å². The van der Waals surface area contributed by atoms with Crippen LogP contribution < -0.4 is 4.74 Å². The van der Waals surface area contributed by atoms with Crippen LogP contribution in [-0.2, 0) is 33.7 Å². The van der Waals surface area contributed by atoms with E-state index >= 15 is 0 Å². The average molecular weight is 425 g/mol. The van der Waals surface area contributed by atoms with Crippen molar-refractivity contribution < 1.29 is 24.1 Å². The molecule has 0 radical (unpaired) electrons. The minimum absolute atomic E-state index is 0.0919. The summed E-state index contributed by atoms with van der Waals surface area (Å²) in [5, 5.41) is 9.91. The summed E-state index contributed by atoms with van der Waals surface area (Å²) < 4.78 is 17.3. The molecule has 31 heavy (non-hydrogen) atoms. The second kappa shape index (κ2) is 10.3. The normalized spacial score (nSPS) is 23.0. The lowest BCUT2D eigenvalue weighted by atomic mass is 9.74. The molecule has 2 aliphatic rings. The zero-order valence-corrected chi connectivity index (χ0v) is 18.2. The Morgan fingerprint density at radius 3 is 2.81 bits per heavy atom. The van der Waals surface area contributed by atoms with Crippen molar-refractivity contribution in [2.24, 2.45) is 11.8 Å². The van der Waals surface area contributed by atoms with Gasteiger partial charge in [-0.05, 0) is 66.7 Å². The van der Waals surface area contributed by atoms with Gasteiger partial charge in [-0.25, -0.2) is 4.79 Å². The highest BCUT2D eigenvalue weighted by molar-refractivity contribution is 5.71. The van der Waals surface area contributed by atoms with Crippen molar-refractivity contribution >= 4 is 5.97 Å². The molecule has 5 nitrogen and oxygen atoms in total. The molecule has 1 saturated heterocycles. The largest absolute Gasteiger partial charge is 0.482 e. The first-order valence-electron chi connectivity index (χ1n) is 11.4. The molecule has 0 aromatic heterocycles. The summed E-state index contributed by atoms with van der Waals surface area (Å²) in [6.45, 7) is 2.93. The van der Waals surface area contributed by atoms with Gasteiger partial charge in [0.2, 0.25) is 0 Å². The van der Waals surface area contributed by atoms with E-state index in [-0.39, 0.29) is 31.4 Å². The van der Waals surface area contributed by atoms with Crippen LogP contribution in [0, 0.1) is 11.8 Å². The van der Waals surface area contributed by atoms with Crippen LogP contribution in [0.5, 0.6) is 5.75 Å². The molecule has 2 aromatic rings. The molecule has 4 atom stereocenters. The molecule has 2 aromatic carbocycles. The second-order valence-corrected chi connectivity index (χ2v) is 8.67. The number of carbonyl (C=O) groups excluding carboxylic acids is 1. The van der Waals surface area contributed by atoms with E-state index in [1.165, 1.54) is 11.1 Å². The Kier molecular flexibility index (Phi) is 7.25. The van der Waals surface area contributed by atoms with Crippen molar-refractivity contribution in [3.8, 4) is 5.75 Å². The fraction of sp³-hybridized carbons (Fsp3) is 0.500. The minimum atomic E-state index is -0.367. The molecular weight excluding hydrogens is 392 g/mol. The molecule has 1 aliphatic carbocycles. The van der Waals surface area contributed by atoms with Gasteiger partial charge in [0.25, 0.3) is 0 Å². The Balaban J connectivity index is 1.33. The number of aliphatic hydroxyl groups is 1. The van der Waals surface area contributed by atoms with E-state index in [0.29, 0.717) is 11.8 Å². The molecular formula is C26H32O5. The number of carbonyl (C=O) groups is 1. The Labute approximate surface area is 184 Å². The molecule has 1 N–H and O–H groups in total. The third-order valence-corrected chi connectivity index (χ3v) is 6.60. The van der Waals surface area contributed by atoms with Gasteiger partial charge in [0.15, 0.2) is 6.61 Å². The zero-order valence-electron chi connectivity index (χ0n) is 18.2. The van der Waals surface area contributed by atoms with Gasteiger partial charge in [0, 0.05) is 0 Å². The summed E-state index contributed by atoms with van der Waals surface area (Å²) in [7, 11) is 0. The van der Waals surface area contributed by atoms with Gasteiger partial charge in [-0.15, -0.1) is 0 Å². The third kappa shape index (κ3) is 5.46. The van der Waals surface area contributed by atoms with E-state index in [0.717, 1.165) is 50.0 Å². The number of hydrogen-bond donors (Lipinski definition) is 1. The second-order valence-electron chi connectivity index (χ2n) is 8.67. The monoisotopic (exact) mass is 424 g/mol. The highest BCUT2D eigenvalue weighted by Crippen LogP contribution is 2.42.